The van der Waals surface area contributed by atoms with Gasteiger partial charge in [-0.1, -0.05) is 61.0 Å². The Balaban J connectivity index is 0.00000304. The standard InChI is InChI=1S/C29H28ClN3O2.ClH/c1-2-19-10-13-23(14-11-19)31-28(34)21-9-6-16-33(18-21)27-26(20-7-4-3-5-8-20)24-17-22(30)12-15-25(24)32-29(27)35;/h3-5,7-8,10-15,17,21H,2,6,9,16,18H2,1H3,(H,31,34)(H,32,35);1H/p-1. The molecule has 3 aromatic carbocycles. The third-order valence-corrected chi connectivity index (χ3v) is 6.99. The summed E-state index contributed by atoms with van der Waals surface area (Å²) >= 11 is 6.36. The van der Waals surface area contributed by atoms with Crippen molar-refractivity contribution >= 4 is 39.8 Å². The number of H-pyrrole nitrogens is 1. The minimum Gasteiger partial charge on any atom is -1.00 e. The lowest BCUT2D eigenvalue weighted by Crippen LogP contribution is -3.00. The Hall–Kier alpha value is -3.28. The molecule has 36 heavy (non-hydrogen) atoms. The number of pyridine rings is 1. The number of halogens is 2. The second kappa shape index (κ2) is 11.2. The number of aromatic amines is 1. The van der Waals surface area contributed by atoms with Gasteiger partial charge in [0.25, 0.3) is 5.56 Å². The fourth-order valence-electron chi connectivity index (χ4n) is 4.92. The molecular weight excluding hydrogens is 493 g/mol. The molecule has 0 spiro atoms. The van der Waals surface area contributed by atoms with Gasteiger partial charge in [0.1, 0.15) is 5.69 Å². The number of hydrogen-bond donors (Lipinski definition) is 2. The molecule has 2 heterocycles. The van der Waals surface area contributed by atoms with Crippen LogP contribution < -0.4 is 28.2 Å². The number of aromatic nitrogens is 1. The van der Waals surface area contributed by atoms with Crippen LogP contribution >= 0.6 is 11.6 Å². The highest BCUT2D eigenvalue weighted by molar-refractivity contribution is 6.31. The van der Waals surface area contributed by atoms with Crippen molar-refractivity contribution in [1.29, 1.82) is 0 Å². The Kier molecular flexibility index (Phi) is 8.02. The summed E-state index contributed by atoms with van der Waals surface area (Å²) in [6.07, 6.45) is 2.57. The third kappa shape index (κ3) is 5.28. The van der Waals surface area contributed by atoms with Crippen molar-refractivity contribution < 1.29 is 17.2 Å². The van der Waals surface area contributed by atoms with E-state index in [4.69, 9.17) is 11.6 Å². The third-order valence-electron chi connectivity index (χ3n) is 6.75. The van der Waals surface area contributed by atoms with Gasteiger partial charge < -0.3 is 27.6 Å². The average Bonchev–Trinajstić information content (AvgIpc) is 2.89. The van der Waals surface area contributed by atoms with Crippen LogP contribution in [0, 0.1) is 5.92 Å². The minimum atomic E-state index is -0.215. The summed E-state index contributed by atoms with van der Waals surface area (Å²) in [5.74, 6) is -0.229. The van der Waals surface area contributed by atoms with Gasteiger partial charge in [0, 0.05) is 40.3 Å². The SMILES string of the molecule is CCc1ccc(NC(=O)C2CCCN(c3c(-c4ccccc4)c4cc(Cl)ccc4[nH]c3=O)C2)cc1.[Cl-]. The molecule has 1 aliphatic heterocycles. The highest BCUT2D eigenvalue weighted by Crippen LogP contribution is 2.37. The minimum absolute atomic E-state index is 0. The lowest BCUT2D eigenvalue weighted by Gasteiger charge is -2.34. The van der Waals surface area contributed by atoms with Gasteiger partial charge in [0.05, 0.1) is 5.92 Å². The first-order valence-corrected chi connectivity index (χ1v) is 12.5. The van der Waals surface area contributed by atoms with Crippen molar-refractivity contribution in [2.45, 2.75) is 26.2 Å². The monoisotopic (exact) mass is 520 g/mol. The number of carbonyl (C=O) groups excluding carboxylic acids is 1. The van der Waals surface area contributed by atoms with Crippen LogP contribution in [-0.2, 0) is 11.2 Å². The van der Waals surface area contributed by atoms with E-state index in [1.165, 1.54) is 5.56 Å². The smallest absolute Gasteiger partial charge is 0.272 e. The summed E-state index contributed by atoms with van der Waals surface area (Å²) in [4.78, 5) is 31.7. The molecule has 1 aromatic heterocycles. The van der Waals surface area contributed by atoms with E-state index in [1.54, 1.807) is 6.07 Å². The number of hydrogen-bond acceptors (Lipinski definition) is 3. The van der Waals surface area contributed by atoms with Crippen molar-refractivity contribution in [1.82, 2.24) is 4.98 Å². The Morgan fingerprint density at radius 2 is 1.83 bits per heavy atom. The summed E-state index contributed by atoms with van der Waals surface area (Å²) < 4.78 is 0. The zero-order chi connectivity index (χ0) is 24.4. The van der Waals surface area contributed by atoms with Crippen molar-refractivity contribution in [2.75, 3.05) is 23.3 Å². The fourth-order valence-corrected chi connectivity index (χ4v) is 5.09. The number of piperidine rings is 1. The number of rotatable bonds is 5. The van der Waals surface area contributed by atoms with E-state index in [0.717, 1.165) is 47.0 Å². The Morgan fingerprint density at radius 3 is 2.56 bits per heavy atom. The van der Waals surface area contributed by atoms with Crippen LogP contribution in [0.15, 0.2) is 77.6 Å². The first kappa shape index (κ1) is 25.8. The van der Waals surface area contributed by atoms with Gasteiger partial charge in [0.2, 0.25) is 5.91 Å². The lowest BCUT2D eigenvalue weighted by molar-refractivity contribution is -0.120. The van der Waals surface area contributed by atoms with Crippen LogP contribution in [0.4, 0.5) is 11.4 Å². The topological polar surface area (TPSA) is 65.2 Å². The summed E-state index contributed by atoms with van der Waals surface area (Å²) in [6.45, 7) is 3.30. The highest BCUT2D eigenvalue weighted by atomic mass is 35.5. The lowest BCUT2D eigenvalue weighted by atomic mass is 9.93. The summed E-state index contributed by atoms with van der Waals surface area (Å²) in [5, 5.41) is 4.56. The molecule has 1 aliphatic rings. The van der Waals surface area contributed by atoms with Gasteiger partial charge in [-0.3, -0.25) is 9.59 Å². The molecule has 1 fully saturated rings. The summed E-state index contributed by atoms with van der Waals surface area (Å²) in [5.41, 5.74) is 5.00. The van der Waals surface area contributed by atoms with E-state index in [1.807, 2.05) is 66.7 Å². The number of amides is 1. The van der Waals surface area contributed by atoms with E-state index in [2.05, 4.69) is 22.1 Å². The van der Waals surface area contributed by atoms with Crippen LogP contribution in [0.3, 0.4) is 0 Å². The molecule has 0 aliphatic carbocycles. The quantitative estimate of drug-likeness (QED) is 0.424. The van der Waals surface area contributed by atoms with Crippen molar-refractivity contribution in [3.8, 4) is 11.1 Å². The van der Waals surface area contributed by atoms with Gasteiger partial charge in [-0.25, -0.2) is 0 Å². The average molecular weight is 521 g/mol. The van der Waals surface area contributed by atoms with E-state index >= 15 is 0 Å². The van der Waals surface area contributed by atoms with Gasteiger partial charge >= 0.3 is 0 Å². The number of benzene rings is 3. The molecule has 4 aromatic rings. The molecule has 0 radical (unpaired) electrons. The first-order chi connectivity index (χ1) is 17.0. The number of anilines is 2. The Bertz CT molecular complexity index is 1420. The second-order valence-corrected chi connectivity index (χ2v) is 9.49. The number of carbonyl (C=O) groups is 1. The Morgan fingerprint density at radius 1 is 1.08 bits per heavy atom. The van der Waals surface area contributed by atoms with Gasteiger partial charge in [-0.05, 0) is 60.7 Å². The van der Waals surface area contributed by atoms with E-state index < -0.39 is 0 Å². The number of nitrogens with zero attached hydrogens (tertiary/aromatic N) is 1. The van der Waals surface area contributed by atoms with E-state index in [9.17, 15) is 9.59 Å². The van der Waals surface area contributed by atoms with Crippen LogP contribution in [-0.4, -0.2) is 24.0 Å². The zero-order valence-corrected chi connectivity index (χ0v) is 21.6. The molecule has 1 unspecified atom stereocenters. The van der Waals surface area contributed by atoms with E-state index in [-0.39, 0.29) is 29.8 Å². The predicted molar refractivity (Wildman–Crippen MR) is 144 cm³/mol. The molecule has 2 N–H and O–H groups in total. The molecule has 186 valence electrons. The van der Waals surface area contributed by atoms with Crippen LogP contribution in [0.2, 0.25) is 5.02 Å². The predicted octanol–water partition coefficient (Wildman–Crippen LogP) is 3.27. The Labute approximate surface area is 221 Å². The van der Waals surface area contributed by atoms with Crippen molar-refractivity contribution in [3.05, 3.63) is 93.7 Å². The number of aryl methyl sites for hydroxylation is 1. The normalized spacial score (nSPS) is 15.4. The zero-order valence-electron chi connectivity index (χ0n) is 20.1. The van der Waals surface area contributed by atoms with Gasteiger partial charge in [-0.2, -0.15) is 0 Å². The summed E-state index contributed by atoms with van der Waals surface area (Å²) in [7, 11) is 0. The maximum absolute atomic E-state index is 13.4. The fraction of sp³-hybridized carbons (Fsp3) is 0.241. The van der Waals surface area contributed by atoms with Gasteiger partial charge in [0.15, 0.2) is 0 Å². The first-order valence-electron chi connectivity index (χ1n) is 12.1. The molecule has 0 saturated carbocycles. The van der Waals surface area contributed by atoms with Gasteiger partial charge in [-0.15, -0.1) is 0 Å². The molecule has 5 rings (SSSR count). The molecule has 1 atom stereocenters. The second-order valence-electron chi connectivity index (χ2n) is 9.06. The summed E-state index contributed by atoms with van der Waals surface area (Å²) in [6, 6.07) is 23.4. The van der Waals surface area contributed by atoms with Crippen LogP contribution in [0.5, 0.6) is 0 Å². The maximum atomic E-state index is 13.4. The van der Waals surface area contributed by atoms with Crippen LogP contribution in [0.1, 0.15) is 25.3 Å². The number of nitrogens with one attached hydrogen (secondary N) is 2. The molecular formula is C29H28Cl2N3O2-. The van der Waals surface area contributed by atoms with Crippen LogP contribution in [0.25, 0.3) is 22.0 Å². The van der Waals surface area contributed by atoms with E-state index in [0.29, 0.717) is 23.8 Å². The van der Waals surface area contributed by atoms with Crippen molar-refractivity contribution in [2.24, 2.45) is 5.92 Å². The maximum Gasteiger partial charge on any atom is 0.272 e. The molecule has 1 amide bonds. The highest BCUT2D eigenvalue weighted by Gasteiger charge is 2.29. The molecule has 5 nitrogen and oxygen atoms in total. The molecule has 7 heteroatoms. The largest absolute Gasteiger partial charge is 1.00 e. The molecule has 0 bridgehead atoms. The van der Waals surface area contributed by atoms with Crippen molar-refractivity contribution in [3.63, 3.8) is 0 Å². The molecule has 1 saturated heterocycles. The number of fused-ring (bicyclic) bond motifs is 1.